The number of nitrogens with zero attached hydrogens (tertiary/aromatic N) is 1. The van der Waals surface area contributed by atoms with Gasteiger partial charge in [-0.05, 0) is 19.9 Å². The lowest BCUT2D eigenvalue weighted by Gasteiger charge is -2.39. The van der Waals surface area contributed by atoms with Crippen molar-refractivity contribution in [1.82, 2.24) is 4.90 Å². The highest BCUT2D eigenvalue weighted by Gasteiger charge is 2.40. The molecule has 2 unspecified atom stereocenters. The predicted octanol–water partition coefficient (Wildman–Crippen LogP) is 1.98. The molecule has 2 atom stereocenters. The molecule has 0 amide bonds. The molecule has 0 aromatic heterocycles. The van der Waals surface area contributed by atoms with Gasteiger partial charge in [-0.3, -0.25) is 4.90 Å². The topological polar surface area (TPSA) is 3.24 Å². The largest absolute Gasteiger partial charge is 0.298 e. The van der Waals surface area contributed by atoms with Crippen molar-refractivity contribution >= 4 is 0 Å². The van der Waals surface area contributed by atoms with E-state index in [4.69, 9.17) is 0 Å². The first kappa shape index (κ1) is 8.91. The van der Waals surface area contributed by atoms with Crippen LogP contribution in [-0.4, -0.2) is 30.5 Å². The minimum Gasteiger partial charge on any atom is -0.298 e. The van der Waals surface area contributed by atoms with Crippen LogP contribution in [0.25, 0.3) is 0 Å². The first-order valence-electron chi connectivity index (χ1n) is 4.00. The molecule has 0 aliphatic carbocycles. The lowest BCUT2D eigenvalue weighted by Crippen LogP contribution is -2.49. The monoisotopic (exact) mass is 163 g/mol. The zero-order valence-electron chi connectivity index (χ0n) is 7.27. The summed E-state index contributed by atoms with van der Waals surface area (Å²) in [5.41, 5.74) is 0. The van der Waals surface area contributed by atoms with Crippen LogP contribution in [0.15, 0.2) is 0 Å². The quantitative estimate of drug-likeness (QED) is 0.528. The van der Waals surface area contributed by atoms with Crippen molar-refractivity contribution in [3.63, 3.8) is 0 Å². The van der Waals surface area contributed by atoms with E-state index >= 15 is 0 Å². The second-order valence-electron chi connectivity index (χ2n) is 3.69. The summed E-state index contributed by atoms with van der Waals surface area (Å²) in [6.07, 6.45) is 0.0402. The predicted molar refractivity (Wildman–Crippen MR) is 40.8 cm³/mol. The van der Waals surface area contributed by atoms with Crippen LogP contribution in [0.3, 0.4) is 0 Å². The van der Waals surface area contributed by atoms with E-state index in [2.05, 4.69) is 0 Å². The van der Waals surface area contributed by atoms with Crippen molar-refractivity contribution in [3.05, 3.63) is 0 Å². The van der Waals surface area contributed by atoms with Crippen molar-refractivity contribution < 1.29 is 8.78 Å². The van der Waals surface area contributed by atoms with Crippen LogP contribution in [0.5, 0.6) is 0 Å². The number of alkyl halides is 2. The number of likely N-dealkylation sites (tertiary alicyclic amines) is 1. The molecular weight excluding hydrogens is 148 g/mol. The van der Waals surface area contributed by atoms with Crippen LogP contribution < -0.4 is 0 Å². The van der Waals surface area contributed by atoms with E-state index in [1.807, 2.05) is 13.8 Å². The van der Waals surface area contributed by atoms with Gasteiger partial charge in [0.1, 0.15) is 0 Å². The second kappa shape index (κ2) is 2.70. The fourth-order valence-electron chi connectivity index (χ4n) is 1.65. The zero-order chi connectivity index (χ0) is 8.65. The summed E-state index contributed by atoms with van der Waals surface area (Å²) >= 11 is 0. The second-order valence-corrected chi connectivity index (χ2v) is 3.69. The third-order valence-electron chi connectivity index (χ3n) is 2.62. The van der Waals surface area contributed by atoms with Gasteiger partial charge in [0.25, 0.3) is 5.92 Å². The van der Waals surface area contributed by atoms with Gasteiger partial charge < -0.3 is 0 Å². The van der Waals surface area contributed by atoms with Crippen LogP contribution >= 0.6 is 0 Å². The van der Waals surface area contributed by atoms with E-state index in [1.54, 1.807) is 11.9 Å². The SMILES string of the molecule is CC1CC(F)(F)CN(C)C1C. The Morgan fingerprint density at radius 2 is 1.91 bits per heavy atom. The van der Waals surface area contributed by atoms with Crippen molar-refractivity contribution in [2.75, 3.05) is 13.6 Å². The minimum atomic E-state index is -2.47. The molecule has 1 nitrogen and oxygen atoms in total. The Morgan fingerprint density at radius 3 is 2.36 bits per heavy atom. The van der Waals surface area contributed by atoms with Crippen molar-refractivity contribution in [2.45, 2.75) is 32.2 Å². The molecule has 1 fully saturated rings. The molecule has 0 spiro atoms. The average Bonchev–Trinajstić information content (AvgIpc) is 1.81. The normalized spacial score (nSPS) is 39.0. The van der Waals surface area contributed by atoms with Crippen LogP contribution in [0.2, 0.25) is 0 Å². The summed E-state index contributed by atoms with van der Waals surface area (Å²) < 4.78 is 25.7. The van der Waals surface area contributed by atoms with E-state index < -0.39 is 5.92 Å². The summed E-state index contributed by atoms with van der Waals surface area (Å²) in [5, 5.41) is 0. The van der Waals surface area contributed by atoms with E-state index in [9.17, 15) is 8.78 Å². The smallest absolute Gasteiger partial charge is 0.260 e. The molecule has 0 aromatic rings. The molecule has 0 saturated carbocycles. The van der Waals surface area contributed by atoms with E-state index in [0.717, 1.165) is 0 Å². The maximum Gasteiger partial charge on any atom is 0.260 e. The molecule has 0 radical (unpaired) electrons. The molecule has 0 aromatic carbocycles. The summed E-state index contributed by atoms with van der Waals surface area (Å²) in [4.78, 5) is 1.73. The van der Waals surface area contributed by atoms with Crippen molar-refractivity contribution in [3.8, 4) is 0 Å². The molecule has 1 aliphatic rings. The minimum absolute atomic E-state index is 0.0402. The molecule has 1 saturated heterocycles. The van der Waals surface area contributed by atoms with Crippen LogP contribution in [-0.2, 0) is 0 Å². The first-order valence-corrected chi connectivity index (χ1v) is 4.00. The Hall–Kier alpha value is -0.180. The Kier molecular flexibility index (Phi) is 2.19. The van der Waals surface area contributed by atoms with Gasteiger partial charge in [0.05, 0.1) is 6.54 Å². The van der Waals surface area contributed by atoms with Gasteiger partial charge in [0.2, 0.25) is 0 Å². The lowest BCUT2D eigenvalue weighted by atomic mass is 9.90. The number of hydrogen-bond donors (Lipinski definition) is 0. The first-order chi connectivity index (χ1) is 4.92. The van der Waals surface area contributed by atoms with Crippen molar-refractivity contribution in [2.24, 2.45) is 5.92 Å². The van der Waals surface area contributed by atoms with Gasteiger partial charge >= 0.3 is 0 Å². The van der Waals surface area contributed by atoms with Crippen LogP contribution in [0.4, 0.5) is 8.78 Å². The average molecular weight is 163 g/mol. The van der Waals surface area contributed by atoms with Crippen LogP contribution in [0.1, 0.15) is 20.3 Å². The highest BCUT2D eigenvalue weighted by Crippen LogP contribution is 2.32. The number of hydrogen-bond acceptors (Lipinski definition) is 1. The van der Waals surface area contributed by atoms with Gasteiger partial charge in [-0.25, -0.2) is 8.78 Å². The molecule has 11 heavy (non-hydrogen) atoms. The maximum atomic E-state index is 12.8. The fraction of sp³-hybridized carbons (Fsp3) is 1.00. The van der Waals surface area contributed by atoms with Gasteiger partial charge in [-0.15, -0.1) is 0 Å². The zero-order valence-corrected chi connectivity index (χ0v) is 7.27. The third-order valence-corrected chi connectivity index (χ3v) is 2.62. The molecule has 1 heterocycles. The maximum absolute atomic E-state index is 12.8. The fourth-order valence-corrected chi connectivity index (χ4v) is 1.65. The van der Waals surface area contributed by atoms with Gasteiger partial charge in [-0.2, -0.15) is 0 Å². The highest BCUT2D eigenvalue weighted by atomic mass is 19.3. The Bertz CT molecular complexity index is 133. The number of halogens is 2. The highest BCUT2D eigenvalue weighted by molar-refractivity contribution is 4.85. The van der Waals surface area contributed by atoms with Crippen LogP contribution in [0, 0.1) is 5.92 Å². The van der Waals surface area contributed by atoms with Gasteiger partial charge in [0.15, 0.2) is 0 Å². The van der Waals surface area contributed by atoms with E-state index in [0.29, 0.717) is 0 Å². The molecule has 0 N–H and O–H groups in total. The summed E-state index contributed by atoms with van der Waals surface area (Å²) in [6, 6.07) is 0.287. The van der Waals surface area contributed by atoms with Gasteiger partial charge in [0, 0.05) is 12.5 Å². The Labute approximate surface area is 66.4 Å². The molecule has 0 bridgehead atoms. The molecule has 66 valence electrons. The molecule has 1 aliphatic heterocycles. The summed E-state index contributed by atoms with van der Waals surface area (Å²) in [7, 11) is 1.76. The lowest BCUT2D eigenvalue weighted by molar-refractivity contribution is -0.0925. The van der Waals surface area contributed by atoms with E-state index in [1.165, 1.54) is 0 Å². The summed E-state index contributed by atoms with van der Waals surface area (Å²) in [5.74, 6) is -2.37. The molecular formula is C8H15F2N. The molecule has 1 rings (SSSR count). The standard InChI is InChI=1S/C8H15F2N/c1-6-4-8(9,10)5-11(3)7(6)2/h6-7H,4-5H2,1-3H3. The van der Waals surface area contributed by atoms with Crippen molar-refractivity contribution in [1.29, 1.82) is 0 Å². The van der Waals surface area contributed by atoms with E-state index in [-0.39, 0.29) is 24.9 Å². The molecule has 3 heteroatoms. The number of rotatable bonds is 0. The Balaban J connectivity index is 2.62. The summed E-state index contributed by atoms with van der Waals surface area (Å²) in [6.45, 7) is 3.80. The van der Waals surface area contributed by atoms with Gasteiger partial charge in [-0.1, -0.05) is 6.92 Å². The Morgan fingerprint density at radius 1 is 1.36 bits per heavy atom. The number of piperidine rings is 1. The third kappa shape index (κ3) is 1.89.